The standard InChI is InChI=1S/C49H44N2S/c1-48(2)42-10-4-3-9-40(42)41-28-39(23-24-43(41)48)50(36-17-15-35(16-18-36)49-29-32-25-33(30-49)27-34(26-32)31-49)37-19-21-38(22-20-37)51-44-11-5-7-13-46(44)52-47-14-8-6-12-45(47)51/h3-24,28,32-34H,25-27,29-31H2,1-2H3. The van der Waals surface area contributed by atoms with Crippen LogP contribution in [0, 0.1) is 17.8 Å². The minimum atomic E-state index is -0.0181. The van der Waals surface area contributed by atoms with Crippen LogP contribution in [0.15, 0.2) is 149 Å². The Kier molecular flexibility index (Phi) is 6.75. The molecule has 0 aromatic heterocycles. The van der Waals surface area contributed by atoms with Crippen molar-refractivity contribution in [3.63, 3.8) is 0 Å². The first-order valence-corrected chi connectivity index (χ1v) is 20.2. The lowest BCUT2D eigenvalue weighted by molar-refractivity contribution is -0.00518. The molecule has 4 fully saturated rings. The van der Waals surface area contributed by atoms with Crippen molar-refractivity contribution in [2.24, 2.45) is 17.8 Å². The molecule has 2 nitrogen and oxygen atoms in total. The third-order valence-corrected chi connectivity index (χ3v) is 14.5. The molecular weight excluding hydrogens is 649 g/mol. The van der Waals surface area contributed by atoms with Gasteiger partial charge in [0.1, 0.15) is 0 Å². The van der Waals surface area contributed by atoms with Gasteiger partial charge in [0.2, 0.25) is 0 Å². The smallest absolute Gasteiger partial charge is 0.0601 e. The van der Waals surface area contributed by atoms with Crippen LogP contribution in [-0.2, 0) is 10.8 Å². The molecule has 52 heavy (non-hydrogen) atoms. The van der Waals surface area contributed by atoms with E-state index in [1.54, 1.807) is 5.56 Å². The number of benzene rings is 6. The van der Waals surface area contributed by atoms with Gasteiger partial charge in [-0.15, -0.1) is 0 Å². The first kappa shape index (κ1) is 30.9. The second-order valence-corrected chi connectivity index (χ2v) is 18.0. The molecule has 0 atom stereocenters. The Morgan fingerprint density at radius 1 is 0.538 bits per heavy atom. The predicted octanol–water partition coefficient (Wildman–Crippen LogP) is 13.9. The van der Waals surface area contributed by atoms with E-state index in [-0.39, 0.29) is 5.41 Å². The fourth-order valence-corrected chi connectivity index (χ4v) is 12.5. The maximum atomic E-state index is 2.49. The van der Waals surface area contributed by atoms with Gasteiger partial charge in [0.05, 0.1) is 11.4 Å². The van der Waals surface area contributed by atoms with E-state index in [1.807, 2.05) is 11.8 Å². The number of rotatable bonds is 5. The van der Waals surface area contributed by atoms with Crippen LogP contribution >= 0.6 is 11.8 Å². The number of hydrogen-bond acceptors (Lipinski definition) is 3. The van der Waals surface area contributed by atoms with E-state index in [9.17, 15) is 0 Å². The van der Waals surface area contributed by atoms with Crippen molar-refractivity contribution in [3.05, 3.63) is 156 Å². The molecule has 0 unspecified atom stereocenters. The number of para-hydroxylation sites is 2. The highest BCUT2D eigenvalue weighted by Gasteiger charge is 2.51. The Morgan fingerprint density at radius 3 is 1.69 bits per heavy atom. The van der Waals surface area contributed by atoms with E-state index >= 15 is 0 Å². The molecule has 256 valence electrons. The van der Waals surface area contributed by atoms with Crippen molar-refractivity contribution < 1.29 is 0 Å². The maximum Gasteiger partial charge on any atom is 0.0601 e. The molecule has 1 heterocycles. The molecule has 0 amide bonds. The molecule has 1 aliphatic heterocycles. The first-order valence-electron chi connectivity index (χ1n) is 19.3. The topological polar surface area (TPSA) is 6.48 Å². The van der Waals surface area contributed by atoms with Crippen molar-refractivity contribution in [2.75, 3.05) is 9.80 Å². The van der Waals surface area contributed by atoms with Gasteiger partial charge >= 0.3 is 0 Å². The van der Waals surface area contributed by atoms with Crippen LogP contribution in [0.4, 0.5) is 34.1 Å². The summed E-state index contributed by atoms with van der Waals surface area (Å²) in [5, 5.41) is 0. The summed E-state index contributed by atoms with van der Waals surface area (Å²) in [5.74, 6) is 2.82. The molecule has 12 rings (SSSR count). The largest absolute Gasteiger partial charge is 0.310 e. The molecule has 6 aliphatic rings. The molecule has 6 aromatic carbocycles. The van der Waals surface area contributed by atoms with Crippen molar-refractivity contribution in [3.8, 4) is 11.1 Å². The monoisotopic (exact) mass is 692 g/mol. The highest BCUT2D eigenvalue weighted by Crippen LogP contribution is 2.61. The van der Waals surface area contributed by atoms with Crippen molar-refractivity contribution in [1.29, 1.82) is 0 Å². The van der Waals surface area contributed by atoms with Gasteiger partial charge in [-0.1, -0.05) is 92.3 Å². The summed E-state index contributed by atoms with van der Waals surface area (Å²) in [7, 11) is 0. The summed E-state index contributed by atoms with van der Waals surface area (Å²) in [6.07, 6.45) is 8.62. The Hall–Kier alpha value is -4.73. The van der Waals surface area contributed by atoms with Crippen LogP contribution in [0.3, 0.4) is 0 Å². The number of nitrogens with zero attached hydrogens (tertiary/aromatic N) is 2. The quantitative estimate of drug-likeness (QED) is 0.177. The molecule has 0 saturated heterocycles. The molecule has 0 radical (unpaired) electrons. The molecule has 0 spiro atoms. The summed E-state index contributed by atoms with van der Waals surface area (Å²) in [4.78, 5) is 7.47. The Morgan fingerprint density at radius 2 is 1.06 bits per heavy atom. The van der Waals surface area contributed by atoms with Gasteiger partial charge in [-0.3, -0.25) is 0 Å². The van der Waals surface area contributed by atoms with Crippen LogP contribution in [0.2, 0.25) is 0 Å². The SMILES string of the molecule is CC1(C)c2ccccc2-c2cc(N(c3ccc(N4c5ccccc5Sc5ccccc54)cc3)c3ccc(C45CC6CC(CC(C6)C4)C5)cc3)ccc21. The molecular formula is C49H44N2S. The normalized spacial score (nSPS) is 24.2. The van der Waals surface area contributed by atoms with Crippen LogP contribution < -0.4 is 9.80 Å². The van der Waals surface area contributed by atoms with Crippen LogP contribution in [0.1, 0.15) is 69.1 Å². The van der Waals surface area contributed by atoms with Gasteiger partial charge < -0.3 is 9.80 Å². The Bertz CT molecular complexity index is 2270. The summed E-state index contributed by atoms with van der Waals surface area (Å²) in [6.45, 7) is 4.73. The summed E-state index contributed by atoms with van der Waals surface area (Å²) in [6, 6.07) is 52.8. The van der Waals surface area contributed by atoms with Crippen molar-refractivity contribution in [1.82, 2.24) is 0 Å². The zero-order valence-electron chi connectivity index (χ0n) is 30.1. The third-order valence-electron chi connectivity index (χ3n) is 13.4. The molecule has 0 N–H and O–H groups in total. The Labute approximate surface area is 312 Å². The summed E-state index contributed by atoms with van der Waals surface area (Å²) < 4.78 is 0. The van der Waals surface area contributed by atoms with Gasteiger partial charge in [-0.2, -0.15) is 0 Å². The van der Waals surface area contributed by atoms with Crippen LogP contribution in [0.5, 0.6) is 0 Å². The van der Waals surface area contributed by atoms with E-state index < -0.39 is 0 Å². The van der Waals surface area contributed by atoms with E-state index in [2.05, 4.69) is 163 Å². The van der Waals surface area contributed by atoms with E-state index in [4.69, 9.17) is 0 Å². The average Bonchev–Trinajstić information content (AvgIpc) is 3.39. The molecule has 4 saturated carbocycles. The highest BCUT2D eigenvalue weighted by atomic mass is 32.2. The number of anilines is 6. The predicted molar refractivity (Wildman–Crippen MR) is 217 cm³/mol. The molecule has 4 bridgehead atoms. The van der Waals surface area contributed by atoms with Gasteiger partial charge in [-0.05, 0) is 162 Å². The average molecular weight is 693 g/mol. The highest BCUT2D eigenvalue weighted by molar-refractivity contribution is 7.99. The van der Waals surface area contributed by atoms with Crippen molar-refractivity contribution >= 4 is 45.9 Å². The lowest BCUT2D eigenvalue weighted by Crippen LogP contribution is -2.48. The Balaban J connectivity index is 1.02. The third kappa shape index (κ3) is 4.64. The van der Waals surface area contributed by atoms with E-state index in [1.165, 1.54) is 105 Å². The van der Waals surface area contributed by atoms with Crippen molar-refractivity contribution in [2.45, 2.75) is 73.0 Å². The van der Waals surface area contributed by atoms with Crippen LogP contribution in [0.25, 0.3) is 11.1 Å². The second kappa shape index (κ2) is 11.4. The molecule has 5 aliphatic carbocycles. The first-order chi connectivity index (χ1) is 25.4. The van der Waals surface area contributed by atoms with Gasteiger partial charge in [0, 0.05) is 38.0 Å². The number of hydrogen-bond donors (Lipinski definition) is 0. The fourth-order valence-electron chi connectivity index (χ4n) is 11.5. The fraction of sp³-hybridized carbons (Fsp3) is 0.265. The lowest BCUT2D eigenvalue weighted by atomic mass is 9.48. The van der Waals surface area contributed by atoms with Gasteiger partial charge in [0.25, 0.3) is 0 Å². The molecule has 3 heteroatoms. The minimum absolute atomic E-state index is 0.0181. The van der Waals surface area contributed by atoms with E-state index in [0.29, 0.717) is 5.41 Å². The zero-order chi connectivity index (χ0) is 34.6. The minimum Gasteiger partial charge on any atom is -0.310 e. The zero-order valence-corrected chi connectivity index (χ0v) is 30.9. The molecule has 6 aromatic rings. The van der Waals surface area contributed by atoms with Gasteiger partial charge in [-0.25, -0.2) is 0 Å². The summed E-state index contributed by atoms with van der Waals surface area (Å²) in [5.41, 5.74) is 14.7. The van der Waals surface area contributed by atoms with Crippen LogP contribution in [-0.4, -0.2) is 0 Å². The van der Waals surface area contributed by atoms with E-state index in [0.717, 1.165) is 17.8 Å². The second-order valence-electron chi connectivity index (χ2n) is 16.9. The van der Waals surface area contributed by atoms with Gasteiger partial charge in [0.15, 0.2) is 0 Å². The lowest BCUT2D eigenvalue weighted by Gasteiger charge is -2.57. The summed E-state index contributed by atoms with van der Waals surface area (Å²) >= 11 is 1.86. The number of fused-ring (bicyclic) bond motifs is 5. The maximum absolute atomic E-state index is 2.49.